The van der Waals surface area contributed by atoms with Crippen molar-refractivity contribution >= 4 is 40.4 Å². The van der Waals surface area contributed by atoms with Gasteiger partial charge < -0.3 is 15.8 Å². The Labute approximate surface area is 188 Å². The first kappa shape index (κ1) is 21.6. The van der Waals surface area contributed by atoms with Gasteiger partial charge in [-0.1, -0.05) is 30.1 Å². The van der Waals surface area contributed by atoms with Crippen LogP contribution in [-0.2, 0) is 4.79 Å². The fraction of sp³-hybridized carbons (Fsp3) is 0.381. The summed E-state index contributed by atoms with van der Waals surface area (Å²) < 4.78 is 23.1. The molecule has 0 bridgehead atoms. The number of imidazole rings is 1. The van der Waals surface area contributed by atoms with Gasteiger partial charge >= 0.3 is 0 Å². The van der Waals surface area contributed by atoms with Crippen molar-refractivity contribution in [3.63, 3.8) is 0 Å². The summed E-state index contributed by atoms with van der Waals surface area (Å²) >= 11 is 12.6. The van der Waals surface area contributed by atoms with Gasteiger partial charge in [0.05, 0.1) is 11.1 Å². The Balaban J connectivity index is 1.93. The van der Waals surface area contributed by atoms with Gasteiger partial charge in [-0.25, -0.2) is 14.4 Å². The number of halogens is 3. The molecule has 1 unspecified atom stereocenters. The molecule has 1 aromatic carbocycles. The average molecular weight is 466 g/mol. The fourth-order valence-corrected chi connectivity index (χ4v) is 4.49. The van der Waals surface area contributed by atoms with Crippen LogP contribution in [0.25, 0.3) is 5.52 Å². The molecule has 7 nitrogen and oxygen atoms in total. The highest BCUT2D eigenvalue weighted by molar-refractivity contribution is 6.33. The Morgan fingerprint density at radius 1 is 1.35 bits per heavy atom. The lowest BCUT2D eigenvalue weighted by Crippen LogP contribution is -2.17. The lowest BCUT2D eigenvalue weighted by Gasteiger charge is -2.24. The molecule has 3 heterocycles. The number of fused-ring (bicyclic) bond motifs is 1. The van der Waals surface area contributed by atoms with Gasteiger partial charge in [0.25, 0.3) is 0 Å². The number of nitrogen functional groups attached to an aromatic ring is 1. The number of carbonyl (C=O) groups is 1. The van der Waals surface area contributed by atoms with Crippen molar-refractivity contribution in [2.24, 2.45) is 0 Å². The highest BCUT2D eigenvalue weighted by Crippen LogP contribution is 2.44. The van der Waals surface area contributed by atoms with Crippen LogP contribution in [0.3, 0.4) is 0 Å². The largest absolute Gasteiger partial charge is 0.490 e. The molecular formula is C21H22Cl2FN5O2. The number of benzene rings is 1. The zero-order chi connectivity index (χ0) is 22.4. The van der Waals surface area contributed by atoms with Crippen LogP contribution in [0.4, 0.5) is 10.2 Å². The zero-order valence-corrected chi connectivity index (χ0v) is 18.8. The van der Waals surface area contributed by atoms with Crippen LogP contribution in [0.1, 0.15) is 56.0 Å². The van der Waals surface area contributed by atoms with Gasteiger partial charge in [-0.2, -0.15) is 0 Å². The van der Waals surface area contributed by atoms with Crippen LogP contribution in [0.2, 0.25) is 10.2 Å². The van der Waals surface area contributed by atoms with Crippen LogP contribution in [0, 0.1) is 5.82 Å². The van der Waals surface area contributed by atoms with E-state index in [0.717, 1.165) is 0 Å². The van der Waals surface area contributed by atoms with Gasteiger partial charge in [-0.15, -0.1) is 0 Å². The second kappa shape index (κ2) is 8.16. The maximum Gasteiger partial charge on any atom is 0.220 e. The second-order valence-corrected chi connectivity index (χ2v) is 8.65. The molecule has 1 saturated heterocycles. The van der Waals surface area contributed by atoms with Gasteiger partial charge in [-0.3, -0.25) is 9.20 Å². The number of carbonyl (C=O) groups excluding carboxylic acids is 1. The van der Waals surface area contributed by atoms with Crippen molar-refractivity contribution in [2.45, 2.75) is 45.1 Å². The predicted octanol–water partition coefficient (Wildman–Crippen LogP) is 4.30. The minimum absolute atomic E-state index is 0.0413. The summed E-state index contributed by atoms with van der Waals surface area (Å²) in [6, 6.07) is 1.55. The molecule has 0 aliphatic carbocycles. The molecule has 1 aliphatic rings. The molecule has 1 aliphatic heterocycles. The van der Waals surface area contributed by atoms with Crippen LogP contribution < -0.4 is 15.8 Å². The third kappa shape index (κ3) is 3.78. The van der Waals surface area contributed by atoms with E-state index in [1.54, 1.807) is 22.9 Å². The first-order chi connectivity index (χ1) is 14.7. The number of anilines is 1. The molecule has 164 valence electrons. The Morgan fingerprint density at radius 2 is 2.10 bits per heavy atom. The normalized spacial score (nSPS) is 17.4. The molecule has 4 rings (SSSR count). The molecule has 3 N–H and O–H groups in total. The topological polar surface area (TPSA) is 94.5 Å². The predicted molar refractivity (Wildman–Crippen MR) is 117 cm³/mol. The standard InChI is InChI=1S/C21H22Cl2FN5O2/c1-9(2)31-18-12(7-13(22)16(24)15(18)11-6-14(30)27-8-11)10(3)21-28-19(23)17-20(25)26-4-5-29(17)21/h4-5,7,9-11H,6,8H2,1-3H3,(H2,25,26)(H,27,30)/t10-,11?/m0/s1. The molecule has 0 spiro atoms. The fourth-order valence-electron chi connectivity index (χ4n) is 4.00. The van der Waals surface area contributed by atoms with E-state index < -0.39 is 5.82 Å². The van der Waals surface area contributed by atoms with E-state index >= 15 is 4.39 Å². The summed E-state index contributed by atoms with van der Waals surface area (Å²) in [6.45, 7) is 5.94. The van der Waals surface area contributed by atoms with Crippen molar-refractivity contribution in [2.75, 3.05) is 12.3 Å². The molecule has 2 aromatic heterocycles. The third-order valence-corrected chi connectivity index (χ3v) is 5.93. The quantitative estimate of drug-likeness (QED) is 0.585. The SMILES string of the molecule is CC(C)Oc1c([C@H](C)c2nc(Cl)c3c(N)nccn23)cc(Cl)c(F)c1C1CNC(=O)C1. The van der Waals surface area contributed by atoms with Crippen LogP contribution in [-0.4, -0.2) is 32.9 Å². The Bertz CT molecular complexity index is 1180. The van der Waals surface area contributed by atoms with Gasteiger partial charge in [-0.05, 0) is 19.9 Å². The summed E-state index contributed by atoms with van der Waals surface area (Å²) in [7, 11) is 0. The summed E-state index contributed by atoms with van der Waals surface area (Å²) in [5.41, 5.74) is 7.42. The molecule has 31 heavy (non-hydrogen) atoms. The Morgan fingerprint density at radius 3 is 2.74 bits per heavy atom. The van der Waals surface area contributed by atoms with Crippen molar-refractivity contribution in [1.82, 2.24) is 19.7 Å². The van der Waals surface area contributed by atoms with E-state index in [4.69, 9.17) is 33.7 Å². The number of aromatic nitrogens is 3. The van der Waals surface area contributed by atoms with E-state index in [9.17, 15) is 4.79 Å². The van der Waals surface area contributed by atoms with E-state index in [-0.39, 0.29) is 46.3 Å². The summed E-state index contributed by atoms with van der Waals surface area (Å²) in [5, 5.41) is 2.93. The van der Waals surface area contributed by atoms with E-state index in [1.807, 2.05) is 20.8 Å². The zero-order valence-electron chi connectivity index (χ0n) is 17.2. The lowest BCUT2D eigenvalue weighted by atomic mass is 9.89. The summed E-state index contributed by atoms with van der Waals surface area (Å²) in [5.74, 6) is -0.259. The average Bonchev–Trinajstić information content (AvgIpc) is 3.28. The highest BCUT2D eigenvalue weighted by Gasteiger charge is 2.33. The number of ether oxygens (including phenoxy) is 1. The first-order valence-corrected chi connectivity index (χ1v) is 10.7. The molecule has 0 radical (unpaired) electrons. The minimum Gasteiger partial charge on any atom is -0.490 e. The molecule has 0 saturated carbocycles. The summed E-state index contributed by atoms with van der Waals surface area (Å²) in [4.78, 5) is 20.4. The van der Waals surface area contributed by atoms with Crippen LogP contribution in [0.5, 0.6) is 5.75 Å². The van der Waals surface area contributed by atoms with Gasteiger partial charge in [0.1, 0.15) is 22.9 Å². The number of hydrogen-bond acceptors (Lipinski definition) is 5. The van der Waals surface area contributed by atoms with Crippen molar-refractivity contribution < 1.29 is 13.9 Å². The van der Waals surface area contributed by atoms with E-state index in [2.05, 4.69) is 15.3 Å². The van der Waals surface area contributed by atoms with Crippen LogP contribution >= 0.6 is 23.2 Å². The van der Waals surface area contributed by atoms with Crippen molar-refractivity contribution in [3.8, 4) is 5.75 Å². The maximum absolute atomic E-state index is 15.2. The first-order valence-electron chi connectivity index (χ1n) is 9.92. The molecule has 3 aromatic rings. The Kier molecular flexibility index (Phi) is 5.70. The van der Waals surface area contributed by atoms with Gasteiger partial charge in [0, 0.05) is 48.3 Å². The summed E-state index contributed by atoms with van der Waals surface area (Å²) in [6.07, 6.45) is 3.21. The van der Waals surface area contributed by atoms with Gasteiger partial charge in [0.15, 0.2) is 11.0 Å². The number of hydrogen-bond donors (Lipinski definition) is 2. The highest BCUT2D eigenvalue weighted by atomic mass is 35.5. The molecule has 10 heteroatoms. The Hall–Kier alpha value is -2.58. The molecule has 2 atom stereocenters. The number of rotatable bonds is 5. The smallest absolute Gasteiger partial charge is 0.220 e. The number of nitrogens with zero attached hydrogens (tertiary/aromatic N) is 3. The number of amides is 1. The second-order valence-electron chi connectivity index (χ2n) is 7.89. The number of nitrogens with one attached hydrogen (secondary N) is 1. The monoisotopic (exact) mass is 465 g/mol. The molecule has 1 fully saturated rings. The van der Waals surface area contributed by atoms with Crippen molar-refractivity contribution in [1.29, 1.82) is 0 Å². The van der Waals surface area contributed by atoms with E-state index in [0.29, 0.717) is 34.8 Å². The van der Waals surface area contributed by atoms with Gasteiger partial charge in [0.2, 0.25) is 5.91 Å². The van der Waals surface area contributed by atoms with Crippen LogP contribution in [0.15, 0.2) is 18.5 Å². The molecular weight excluding hydrogens is 444 g/mol. The molecule has 1 amide bonds. The minimum atomic E-state index is -0.575. The van der Waals surface area contributed by atoms with E-state index in [1.165, 1.54) is 0 Å². The van der Waals surface area contributed by atoms with Crippen molar-refractivity contribution in [3.05, 3.63) is 51.4 Å². The maximum atomic E-state index is 15.2. The third-order valence-electron chi connectivity index (χ3n) is 5.40. The lowest BCUT2D eigenvalue weighted by molar-refractivity contribution is -0.119. The number of nitrogens with two attached hydrogens (primary N) is 1.